The quantitative estimate of drug-likeness (QED) is 0.836. The van der Waals surface area contributed by atoms with E-state index in [1.807, 2.05) is 24.8 Å². The van der Waals surface area contributed by atoms with Crippen molar-refractivity contribution in [3.63, 3.8) is 0 Å². The first-order chi connectivity index (χ1) is 7.17. The van der Waals surface area contributed by atoms with Gasteiger partial charge in [0.1, 0.15) is 0 Å². The number of anilines is 1. The highest BCUT2D eigenvalue weighted by molar-refractivity contribution is 7.99. The van der Waals surface area contributed by atoms with Gasteiger partial charge >= 0.3 is 0 Å². The number of hydrogen-bond acceptors (Lipinski definition) is 4. The van der Waals surface area contributed by atoms with Gasteiger partial charge in [-0.05, 0) is 19.2 Å². The lowest BCUT2D eigenvalue weighted by Gasteiger charge is -2.14. The number of aryl methyl sites for hydroxylation is 1. The third kappa shape index (κ3) is 3.63. The molecule has 0 bridgehead atoms. The summed E-state index contributed by atoms with van der Waals surface area (Å²) in [6.07, 6.45) is 3.86. The second kappa shape index (κ2) is 5.85. The molecule has 1 heterocycles. The first-order valence-corrected chi connectivity index (χ1v) is 6.23. The maximum Gasteiger partial charge on any atom is 0.160 e. The van der Waals surface area contributed by atoms with Crippen molar-refractivity contribution in [2.24, 2.45) is 0 Å². The maximum atomic E-state index is 5.23. The fourth-order valence-electron chi connectivity index (χ4n) is 1.19. The summed E-state index contributed by atoms with van der Waals surface area (Å²) in [7, 11) is 1.66. The molecule has 1 aromatic heterocycles. The number of rotatable bonds is 5. The number of nitrogens with zero attached hydrogens (tertiary/aromatic N) is 1. The third-order valence-corrected chi connectivity index (χ3v) is 3.18. The van der Waals surface area contributed by atoms with Gasteiger partial charge in [-0.1, -0.05) is 6.92 Å². The van der Waals surface area contributed by atoms with Gasteiger partial charge in [-0.2, -0.15) is 11.8 Å². The van der Waals surface area contributed by atoms with Crippen LogP contribution in [-0.2, 0) is 0 Å². The van der Waals surface area contributed by atoms with Crippen molar-refractivity contribution in [1.82, 2.24) is 4.98 Å². The van der Waals surface area contributed by atoms with Crippen molar-refractivity contribution in [1.29, 1.82) is 0 Å². The molecule has 1 N–H and O–H groups in total. The highest BCUT2D eigenvalue weighted by atomic mass is 32.2. The number of pyridine rings is 1. The first-order valence-electron chi connectivity index (χ1n) is 4.94. The van der Waals surface area contributed by atoms with Crippen molar-refractivity contribution in [2.75, 3.05) is 25.2 Å². The van der Waals surface area contributed by atoms with Gasteiger partial charge in [-0.3, -0.25) is 4.98 Å². The van der Waals surface area contributed by atoms with Gasteiger partial charge < -0.3 is 10.1 Å². The molecular weight excluding hydrogens is 208 g/mol. The zero-order chi connectivity index (χ0) is 11.3. The molecule has 0 saturated carbocycles. The molecule has 3 nitrogen and oxygen atoms in total. The van der Waals surface area contributed by atoms with Gasteiger partial charge in [0, 0.05) is 17.5 Å². The number of thioether (sulfide) groups is 1. The van der Waals surface area contributed by atoms with Crippen LogP contribution in [-0.4, -0.2) is 30.1 Å². The van der Waals surface area contributed by atoms with Crippen LogP contribution in [0.15, 0.2) is 12.3 Å². The molecule has 0 aromatic carbocycles. The van der Waals surface area contributed by atoms with E-state index in [2.05, 4.69) is 23.5 Å². The van der Waals surface area contributed by atoms with Crippen molar-refractivity contribution in [2.45, 2.75) is 19.1 Å². The number of methoxy groups -OCH3 is 1. The van der Waals surface area contributed by atoms with Gasteiger partial charge in [0.25, 0.3) is 0 Å². The lowest BCUT2D eigenvalue weighted by Crippen LogP contribution is -2.13. The van der Waals surface area contributed by atoms with Crippen molar-refractivity contribution >= 4 is 17.4 Å². The Kier molecular flexibility index (Phi) is 4.75. The Labute approximate surface area is 95.6 Å². The van der Waals surface area contributed by atoms with Crippen molar-refractivity contribution < 1.29 is 4.74 Å². The van der Waals surface area contributed by atoms with E-state index < -0.39 is 0 Å². The highest BCUT2D eigenvalue weighted by Gasteiger charge is 2.05. The Morgan fingerprint density at radius 1 is 1.60 bits per heavy atom. The van der Waals surface area contributed by atoms with Gasteiger partial charge in [0.2, 0.25) is 0 Å². The van der Waals surface area contributed by atoms with Crippen LogP contribution in [0, 0.1) is 6.92 Å². The Hall–Kier alpha value is -0.900. The molecule has 0 saturated heterocycles. The minimum absolute atomic E-state index is 0.586. The Morgan fingerprint density at radius 3 is 2.93 bits per heavy atom. The normalized spacial score (nSPS) is 12.3. The summed E-state index contributed by atoms with van der Waals surface area (Å²) in [5, 5.41) is 3.96. The van der Waals surface area contributed by atoms with E-state index in [0.717, 1.165) is 23.7 Å². The first kappa shape index (κ1) is 12.2. The molecule has 1 rings (SSSR count). The zero-order valence-corrected chi connectivity index (χ0v) is 10.5. The summed E-state index contributed by atoms with van der Waals surface area (Å²) in [6, 6.07) is 2.01. The number of aromatic nitrogens is 1. The standard InChI is InChI=1S/C11H18N2OS/c1-8-5-10(11(14-3)7-12-8)13-6-9(2)15-4/h5,7,9H,6H2,1-4H3,(H,12,13). The molecular formula is C11H18N2OS. The number of ether oxygens (including phenoxy) is 1. The zero-order valence-electron chi connectivity index (χ0n) is 9.70. The predicted molar refractivity (Wildman–Crippen MR) is 67.0 cm³/mol. The fraction of sp³-hybridized carbons (Fsp3) is 0.545. The average Bonchev–Trinajstić information content (AvgIpc) is 2.26. The summed E-state index contributed by atoms with van der Waals surface area (Å²) in [5.74, 6) is 0.800. The van der Waals surface area contributed by atoms with E-state index in [4.69, 9.17) is 4.74 Å². The summed E-state index contributed by atoms with van der Waals surface area (Å²) >= 11 is 1.84. The minimum atomic E-state index is 0.586. The Bertz CT molecular complexity index is 317. The summed E-state index contributed by atoms with van der Waals surface area (Å²) in [5.41, 5.74) is 2.01. The fourth-order valence-corrected chi connectivity index (χ4v) is 1.44. The molecule has 1 aromatic rings. The molecule has 84 valence electrons. The van der Waals surface area contributed by atoms with Gasteiger partial charge in [-0.15, -0.1) is 0 Å². The van der Waals surface area contributed by atoms with Gasteiger partial charge in [0.05, 0.1) is 19.0 Å². The topological polar surface area (TPSA) is 34.1 Å². The number of nitrogens with one attached hydrogen (secondary N) is 1. The van der Waals surface area contributed by atoms with E-state index >= 15 is 0 Å². The molecule has 1 unspecified atom stereocenters. The van der Waals surface area contributed by atoms with E-state index in [0.29, 0.717) is 5.25 Å². The van der Waals surface area contributed by atoms with Gasteiger partial charge in [0.15, 0.2) is 5.75 Å². The van der Waals surface area contributed by atoms with E-state index in [-0.39, 0.29) is 0 Å². The average molecular weight is 226 g/mol. The van der Waals surface area contributed by atoms with E-state index in [1.54, 1.807) is 13.3 Å². The summed E-state index contributed by atoms with van der Waals surface area (Å²) in [6.45, 7) is 5.10. The predicted octanol–water partition coefficient (Wildman–Crippen LogP) is 2.56. The summed E-state index contributed by atoms with van der Waals surface area (Å²) < 4.78 is 5.23. The van der Waals surface area contributed by atoms with Crippen LogP contribution >= 0.6 is 11.8 Å². The lowest BCUT2D eigenvalue weighted by molar-refractivity contribution is 0.414. The maximum absolute atomic E-state index is 5.23. The molecule has 0 aliphatic heterocycles. The molecule has 0 amide bonds. The monoisotopic (exact) mass is 226 g/mol. The van der Waals surface area contributed by atoms with Crippen LogP contribution in [0.2, 0.25) is 0 Å². The molecule has 0 fully saturated rings. The van der Waals surface area contributed by atoms with Crippen LogP contribution < -0.4 is 10.1 Å². The summed E-state index contributed by atoms with van der Waals surface area (Å²) in [4.78, 5) is 4.19. The molecule has 0 spiro atoms. The minimum Gasteiger partial charge on any atom is -0.493 e. The van der Waals surface area contributed by atoms with Gasteiger partial charge in [-0.25, -0.2) is 0 Å². The molecule has 0 aliphatic rings. The van der Waals surface area contributed by atoms with E-state index in [1.165, 1.54) is 0 Å². The molecule has 15 heavy (non-hydrogen) atoms. The van der Waals surface area contributed by atoms with Crippen LogP contribution in [0.4, 0.5) is 5.69 Å². The van der Waals surface area contributed by atoms with Crippen LogP contribution in [0.1, 0.15) is 12.6 Å². The smallest absolute Gasteiger partial charge is 0.160 e. The van der Waals surface area contributed by atoms with Crippen molar-refractivity contribution in [3.05, 3.63) is 18.0 Å². The molecule has 0 radical (unpaired) electrons. The van der Waals surface area contributed by atoms with Crippen molar-refractivity contribution in [3.8, 4) is 5.75 Å². The molecule has 4 heteroatoms. The Morgan fingerprint density at radius 2 is 2.33 bits per heavy atom. The SMILES string of the molecule is COc1cnc(C)cc1NCC(C)SC. The van der Waals surface area contributed by atoms with Crippen LogP contribution in [0.25, 0.3) is 0 Å². The largest absolute Gasteiger partial charge is 0.493 e. The van der Waals surface area contributed by atoms with Crippen LogP contribution in [0.5, 0.6) is 5.75 Å². The molecule has 0 aliphatic carbocycles. The Balaban J connectivity index is 2.69. The van der Waals surface area contributed by atoms with Crippen LogP contribution in [0.3, 0.4) is 0 Å². The third-order valence-electron chi connectivity index (χ3n) is 2.21. The van der Waals surface area contributed by atoms with E-state index in [9.17, 15) is 0 Å². The second-order valence-electron chi connectivity index (χ2n) is 3.45. The highest BCUT2D eigenvalue weighted by Crippen LogP contribution is 2.23. The second-order valence-corrected chi connectivity index (χ2v) is 4.73. The number of hydrogen-bond donors (Lipinski definition) is 1. The molecule has 1 atom stereocenters. The lowest BCUT2D eigenvalue weighted by atomic mass is 10.3.